The van der Waals surface area contributed by atoms with Crippen molar-refractivity contribution in [1.29, 1.82) is 0 Å². The minimum atomic E-state index is -0.676. The van der Waals surface area contributed by atoms with Crippen LogP contribution in [0.5, 0.6) is 0 Å². The van der Waals surface area contributed by atoms with E-state index in [2.05, 4.69) is 4.98 Å². The van der Waals surface area contributed by atoms with Crippen LogP contribution in [0.2, 0.25) is 0 Å². The van der Waals surface area contributed by atoms with E-state index in [9.17, 15) is 13.6 Å². The van der Waals surface area contributed by atoms with Gasteiger partial charge in [0.05, 0.1) is 6.54 Å². The van der Waals surface area contributed by atoms with Crippen LogP contribution in [0.4, 0.5) is 8.78 Å². The number of amides is 1. The van der Waals surface area contributed by atoms with E-state index in [1.807, 2.05) is 0 Å². The molecule has 0 saturated carbocycles. The molecule has 26 heavy (non-hydrogen) atoms. The highest BCUT2D eigenvalue weighted by Crippen LogP contribution is 2.28. The van der Waals surface area contributed by atoms with Crippen LogP contribution in [0.1, 0.15) is 30.7 Å². The molecule has 1 saturated heterocycles. The lowest BCUT2D eigenvalue weighted by Crippen LogP contribution is -2.37. The number of aromatic nitrogens is 1. The van der Waals surface area contributed by atoms with Crippen LogP contribution < -0.4 is 0 Å². The molecule has 2 aliphatic heterocycles. The van der Waals surface area contributed by atoms with E-state index in [0.29, 0.717) is 43.3 Å². The molecule has 2 aromatic rings. The van der Waals surface area contributed by atoms with Gasteiger partial charge < -0.3 is 14.1 Å². The quantitative estimate of drug-likeness (QED) is 0.841. The Kier molecular flexibility index (Phi) is 4.72. The Morgan fingerprint density at radius 2 is 1.92 bits per heavy atom. The predicted octanol–water partition coefficient (Wildman–Crippen LogP) is 3.32. The Balaban J connectivity index is 1.47. The molecule has 1 aromatic heterocycles. The Labute approximate surface area is 150 Å². The van der Waals surface area contributed by atoms with Gasteiger partial charge in [0.25, 0.3) is 0 Å². The zero-order valence-corrected chi connectivity index (χ0v) is 14.3. The number of oxazole rings is 1. The highest BCUT2D eigenvalue weighted by atomic mass is 19.1. The number of hydrogen-bond acceptors (Lipinski definition) is 4. The number of hydrogen-bond donors (Lipinski definition) is 0. The van der Waals surface area contributed by atoms with Crippen LogP contribution in [-0.4, -0.2) is 35.5 Å². The van der Waals surface area contributed by atoms with E-state index in [-0.39, 0.29) is 17.4 Å². The van der Waals surface area contributed by atoms with E-state index in [4.69, 9.17) is 9.15 Å². The fourth-order valence-electron chi connectivity index (χ4n) is 3.54. The molecule has 0 radical (unpaired) electrons. The number of ether oxygens (including phenoxy) is 1. The molecule has 5 nitrogen and oxygen atoms in total. The summed E-state index contributed by atoms with van der Waals surface area (Å²) in [6.07, 6.45) is 2.92. The largest absolute Gasteiger partial charge is 0.441 e. The Hall–Kier alpha value is -2.28. The van der Waals surface area contributed by atoms with Gasteiger partial charge in [-0.2, -0.15) is 0 Å². The minimum absolute atomic E-state index is 0.115. The molecule has 0 unspecified atom stereocenters. The molecule has 7 heteroatoms. The summed E-state index contributed by atoms with van der Waals surface area (Å²) >= 11 is 0. The van der Waals surface area contributed by atoms with E-state index < -0.39 is 11.6 Å². The first kappa shape index (κ1) is 17.1. The summed E-state index contributed by atoms with van der Waals surface area (Å²) in [4.78, 5) is 18.7. The molecule has 0 spiro atoms. The smallest absolute Gasteiger partial charge is 0.226 e. The minimum Gasteiger partial charge on any atom is -0.441 e. The van der Waals surface area contributed by atoms with Gasteiger partial charge in [0.1, 0.15) is 23.1 Å². The molecule has 1 aromatic carbocycles. The maximum Gasteiger partial charge on any atom is 0.226 e. The van der Waals surface area contributed by atoms with Crippen molar-refractivity contribution in [2.45, 2.75) is 32.2 Å². The maximum atomic E-state index is 13.4. The van der Waals surface area contributed by atoms with Gasteiger partial charge in [0.2, 0.25) is 11.8 Å². The van der Waals surface area contributed by atoms with Crippen LogP contribution in [0.3, 0.4) is 0 Å². The van der Waals surface area contributed by atoms with Crippen LogP contribution in [-0.2, 0) is 22.5 Å². The number of rotatable bonds is 3. The summed E-state index contributed by atoms with van der Waals surface area (Å²) < 4.78 is 37.8. The maximum absolute atomic E-state index is 13.4. The summed E-state index contributed by atoms with van der Waals surface area (Å²) in [6.45, 7) is 2.39. The average molecular weight is 362 g/mol. The van der Waals surface area contributed by atoms with Crippen LogP contribution in [0.15, 0.2) is 22.6 Å². The monoisotopic (exact) mass is 362 g/mol. The molecule has 0 aliphatic carbocycles. The normalized spacial score (nSPS) is 18.0. The highest BCUT2D eigenvalue weighted by molar-refractivity contribution is 5.76. The fraction of sp³-hybridized carbons (Fsp3) is 0.474. The van der Waals surface area contributed by atoms with Crippen molar-refractivity contribution in [3.63, 3.8) is 0 Å². The van der Waals surface area contributed by atoms with Gasteiger partial charge in [-0.15, -0.1) is 0 Å². The third kappa shape index (κ3) is 3.62. The second-order valence-electron chi connectivity index (χ2n) is 6.87. The number of carbonyl (C=O) groups excluding carboxylic acids is 1. The summed E-state index contributed by atoms with van der Waals surface area (Å²) in [5.41, 5.74) is 0.924. The van der Waals surface area contributed by atoms with E-state index >= 15 is 0 Å². The first-order valence-corrected chi connectivity index (χ1v) is 8.89. The van der Waals surface area contributed by atoms with Crippen LogP contribution in [0, 0.1) is 17.6 Å². The van der Waals surface area contributed by atoms with Crippen molar-refractivity contribution < 1.29 is 22.7 Å². The first-order valence-electron chi connectivity index (χ1n) is 8.89. The molecule has 2 aliphatic rings. The molecule has 0 bridgehead atoms. The summed E-state index contributed by atoms with van der Waals surface area (Å²) in [6, 6.07) is 3.19. The molecule has 138 valence electrons. The third-order valence-corrected chi connectivity index (χ3v) is 4.99. The van der Waals surface area contributed by atoms with Gasteiger partial charge in [-0.05, 0) is 30.9 Å². The van der Waals surface area contributed by atoms with Gasteiger partial charge in [0.15, 0.2) is 0 Å². The number of fused-ring (bicyclic) bond motifs is 1. The molecule has 1 amide bonds. The second kappa shape index (κ2) is 7.15. The van der Waals surface area contributed by atoms with Crippen molar-refractivity contribution in [2.75, 3.05) is 19.8 Å². The summed E-state index contributed by atoms with van der Waals surface area (Å²) in [7, 11) is 0. The summed E-state index contributed by atoms with van der Waals surface area (Å²) in [5.74, 6) is 0.00507. The predicted molar refractivity (Wildman–Crippen MR) is 89.1 cm³/mol. The van der Waals surface area contributed by atoms with Crippen molar-refractivity contribution in [3.05, 3.63) is 41.3 Å². The lowest BCUT2D eigenvalue weighted by molar-refractivity contribution is -0.134. The molecule has 1 fully saturated rings. The van der Waals surface area contributed by atoms with Gasteiger partial charge in [-0.3, -0.25) is 4.79 Å². The molecular formula is C19H20F2N2O3. The first-order chi connectivity index (χ1) is 12.6. The Morgan fingerprint density at radius 3 is 2.65 bits per heavy atom. The average Bonchev–Trinajstić information content (AvgIpc) is 3.05. The van der Waals surface area contributed by atoms with Gasteiger partial charge in [-0.25, -0.2) is 13.8 Å². The van der Waals surface area contributed by atoms with Gasteiger partial charge in [0, 0.05) is 44.2 Å². The van der Waals surface area contributed by atoms with Crippen molar-refractivity contribution >= 4 is 5.91 Å². The highest BCUT2D eigenvalue weighted by Gasteiger charge is 2.28. The topological polar surface area (TPSA) is 55.6 Å². The summed E-state index contributed by atoms with van der Waals surface area (Å²) in [5, 5.41) is 0. The zero-order chi connectivity index (χ0) is 18.1. The molecular weight excluding hydrogens is 342 g/mol. The van der Waals surface area contributed by atoms with Crippen LogP contribution in [0.25, 0.3) is 11.5 Å². The zero-order valence-electron chi connectivity index (χ0n) is 14.3. The lowest BCUT2D eigenvalue weighted by atomic mass is 9.95. The number of carbonyl (C=O) groups is 1. The second-order valence-corrected chi connectivity index (χ2v) is 6.87. The number of nitrogens with zero attached hydrogens (tertiary/aromatic N) is 2. The number of halogens is 2. The third-order valence-electron chi connectivity index (χ3n) is 4.99. The standard InChI is InChI=1S/C19H20F2N2O3/c20-14-8-13(9-15(21)10-14)19-22-16-11-23(4-1-17(16)26-19)18(24)7-12-2-5-25-6-3-12/h8-10,12H,1-7,11H2. The van der Waals surface area contributed by atoms with Crippen molar-refractivity contribution in [3.8, 4) is 11.5 Å². The van der Waals surface area contributed by atoms with Gasteiger partial charge in [-0.1, -0.05) is 0 Å². The van der Waals surface area contributed by atoms with Crippen LogP contribution >= 0.6 is 0 Å². The lowest BCUT2D eigenvalue weighted by Gasteiger charge is -2.28. The van der Waals surface area contributed by atoms with Crippen molar-refractivity contribution in [2.24, 2.45) is 5.92 Å². The SMILES string of the molecule is O=C(CC1CCOCC1)N1CCc2oc(-c3cc(F)cc(F)c3)nc2C1. The van der Waals surface area contributed by atoms with E-state index in [0.717, 1.165) is 32.1 Å². The molecule has 3 heterocycles. The van der Waals surface area contributed by atoms with E-state index in [1.165, 1.54) is 12.1 Å². The Bertz CT molecular complexity index is 795. The van der Waals surface area contributed by atoms with E-state index in [1.54, 1.807) is 4.90 Å². The molecule has 4 rings (SSSR count). The van der Waals surface area contributed by atoms with Gasteiger partial charge >= 0.3 is 0 Å². The number of benzene rings is 1. The molecule has 0 N–H and O–H groups in total. The van der Waals surface area contributed by atoms with Crippen molar-refractivity contribution in [1.82, 2.24) is 9.88 Å². The molecule has 0 atom stereocenters. The Morgan fingerprint density at radius 1 is 1.19 bits per heavy atom. The fourth-order valence-corrected chi connectivity index (χ4v) is 3.54.